The molecule has 0 saturated heterocycles. The van der Waals surface area contributed by atoms with Gasteiger partial charge in [0.25, 0.3) is 0 Å². The topological polar surface area (TPSA) is 49.3 Å². The van der Waals surface area contributed by atoms with Gasteiger partial charge in [-0.3, -0.25) is 4.79 Å². The smallest absolute Gasteiger partial charge is 0.308 e. The number of thiophene rings is 1. The number of benzene rings is 1. The van der Waals surface area contributed by atoms with Crippen LogP contribution in [0.1, 0.15) is 4.88 Å². The third-order valence-corrected chi connectivity index (χ3v) is 4.06. The molecule has 7 heteroatoms. The summed E-state index contributed by atoms with van der Waals surface area (Å²) in [6, 6.07) is 4.92. The van der Waals surface area contributed by atoms with Crippen molar-refractivity contribution in [2.45, 2.75) is 6.42 Å². The third-order valence-electron chi connectivity index (χ3n) is 2.32. The fourth-order valence-corrected chi connectivity index (χ4v) is 3.26. The predicted molar refractivity (Wildman–Crippen MR) is 80.4 cm³/mol. The monoisotopic (exact) mass is 335 g/mol. The van der Waals surface area contributed by atoms with Crippen molar-refractivity contribution in [1.82, 2.24) is 0 Å². The van der Waals surface area contributed by atoms with Gasteiger partial charge < -0.3 is 10.4 Å². The average molecular weight is 337 g/mol. The lowest BCUT2D eigenvalue weighted by Gasteiger charge is -2.11. The largest absolute Gasteiger partial charge is 0.481 e. The fourth-order valence-electron chi connectivity index (χ4n) is 1.52. The quantitative estimate of drug-likeness (QED) is 0.818. The highest BCUT2D eigenvalue weighted by Gasteiger charge is 2.13. The zero-order chi connectivity index (χ0) is 14.0. The molecule has 1 heterocycles. The van der Waals surface area contributed by atoms with Crippen LogP contribution in [0.2, 0.25) is 15.1 Å². The van der Waals surface area contributed by atoms with E-state index in [1.807, 2.05) is 0 Å². The molecule has 2 aromatic rings. The van der Waals surface area contributed by atoms with E-state index in [2.05, 4.69) is 5.32 Å². The molecule has 0 saturated carbocycles. The van der Waals surface area contributed by atoms with Gasteiger partial charge >= 0.3 is 5.97 Å². The molecule has 0 radical (unpaired) electrons. The molecule has 0 aliphatic carbocycles. The van der Waals surface area contributed by atoms with Crippen LogP contribution in [0.25, 0.3) is 0 Å². The summed E-state index contributed by atoms with van der Waals surface area (Å²) in [6.07, 6.45) is -0.0528. The molecule has 2 N–H and O–H groups in total. The molecule has 0 aliphatic rings. The molecule has 0 spiro atoms. The predicted octanol–water partition coefficient (Wildman–Crippen LogP) is 5.08. The Morgan fingerprint density at radius 3 is 2.47 bits per heavy atom. The van der Waals surface area contributed by atoms with Gasteiger partial charge in [-0.25, -0.2) is 0 Å². The molecule has 19 heavy (non-hydrogen) atoms. The molecule has 2 rings (SSSR count). The summed E-state index contributed by atoms with van der Waals surface area (Å²) < 4.78 is 0. The van der Waals surface area contributed by atoms with E-state index in [1.54, 1.807) is 23.6 Å². The third kappa shape index (κ3) is 3.54. The number of halogens is 3. The first kappa shape index (κ1) is 14.5. The lowest BCUT2D eigenvalue weighted by atomic mass is 10.2. The minimum Gasteiger partial charge on any atom is -0.481 e. The molecule has 0 amide bonds. The molecule has 0 bridgehead atoms. The van der Waals surface area contributed by atoms with Crippen molar-refractivity contribution in [2.75, 3.05) is 5.32 Å². The van der Waals surface area contributed by atoms with E-state index < -0.39 is 5.97 Å². The molecule has 0 unspecified atom stereocenters. The van der Waals surface area contributed by atoms with Gasteiger partial charge in [-0.05, 0) is 23.6 Å². The molecular formula is C12H8Cl3NO2S. The van der Waals surface area contributed by atoms with E-state index >= 15 is 0 Å². The summed E-state index contributed by atoms with van der Waals surface area (Å²) >= 11 is 19.3. The Morgan fingerprint density at radius 1 is 1.26 bits per heavy atom. The highest BCUT2D eigenvalue weighted by molar-refractivity contribution is 7.10. The first-order valence-electron chi connectivity index (χ1n) is 5.17. The van der Waals surface area contributed by atoms with Crippen LogP contribution in [0.5, 0.6) is 0 Å². The molecular weight excluding hydrogens is 329 g/mol. The van der Waals surface area contributed by atoms with Crippen molar-refractivity contribution in [3.05, 3.63) is 43.5 Å². The Labute approximate surface area is 128 Å². The number of hydrogen-bond donors (Lipinski definition) is 2. The van der Waals surface area contributed by atoms with Crippen molar-refractivity contribution in [3.8, 4) is 0 Å². The minimum absolute atomic E-state index is 0.0528. The van der Waals surface area contributed by atoms with Gasteiger partial charge in [0.2, 0.25) is 0 Å². The van der Waals surface area contributed by atoms with Crippen LogP contribution < -0.4 is 5.32 Å². The minimum atomic E-state index is -0.890. The van der Waals surface area contributed by atoms with E-state index in [-0.39, 0.29) is 6.42 Å². The molecule has 100 valence electrons. The first-order chi connectivity index (χ1) is 8.97. The maximum Gasteiger partial charge on any atom is 0.308 e. The molecule has 1 aromatic carbocycles. The summed E-state index contributed by atoms with van der Waals surface area (Å²) in [5.74, 6) is -0.890. The second-order valence-corrected chi connectivity index (χ2v) is 5.95. The van der Waals surface area contributed by atoms with Gasteiger partial charge in [-0.15, -0.1) is 11.3 Å². The maximum absolute atomic E-state index is 10.8. The summed E-state index contributed by atoms with van der Waals surface area (Å²) in [5.41, 5.74) is 1.19. The Bertz CT molecular complexity index is 604. The van der Waals surface area contributed by atoms with Crippen LogP contribution in [0.4, 0.5) is 11.4 Å². The van der Waals surface area contributed by atoms with E-state index in [9.17, 15) is 4.79 Å². The molecule has 0 aliphatic heterocycles. The van der Waals surface area contributed by atoms with Crippen molar-refractivity contribution >= 4 is 63.5 Å². The standard InChI is InChI=1S/C12H8Cl3NO2S/c13-6-3-7(14)12(8(15)4-6)16-9-1-2-19-10(9)5-11(17)18/h1-4,16H,5H2,(H,17,18). The van der Waals surface area contributed by atoms with E-state index in [0.29, 0.717) is 31.3 Å². The zero-order valence-electron chi connectivity index (χ0n) is 9.41. The number of aliphatic carboxylic acids is 1. The Balaban J connectivity index is 2.32. The van der Waals surface area contributed by atoms with Crippen molar-refractivity contribution < 1.29 is 9.90 Å². The average Bonchev–Trinajstić information content (AvgIpc) is 2.70. The van der Waals surface area contributed by atoms with Crippen LogP contribution in [-0.4, -0.2) is 11.1 Å². The number of rotatable bonds is 4. The Morgan fingerprint density at radius 2 is 1.89 bits per heavy atom. The second-order valence-electron chi connectivity index (χ2n) is 3.70. The number of carbonyl (C=O) groups is 1. The molecule has 0 fully saturated rings. The van der Waals surface area contributed by atoms with E-state index in [4.69, 9.17) is 39.9 Å². The highest BCUT2D eigenvalue weighted by Crippen LogP contribution is 2.37. The lowest BCUT2D eigenvalue weighted by Crippen LogP contribution is -2.01. The lowest BCUT2D eigenvalue weighted by molar-refractivity contribution is -0.136. The van der Waals surface area contributed by atoms with Gasteiger partial charge in [0, 0.05) is 9.90 Å². The number of carboxylic acid groups (broad SMARTS) is 1. The van der Waals surface area contributed by atoms with Gasteiger partial charge in [0.15, 0.2) is 0 Å². The van der Waals surface area contributed by atoms with Crippen molar-refractivity contribution in [3.63, 3.8) is 0 Å². The van der Waals surface area contributed by atoms with Crippen molar-refractivity contribution in [1.29, 1.82) is 0 Å². The molecule has 3 nitrogen and oxygen atoms in total. The second kappa shape index (κ2) is 6.01. The first-order valence-corrected chi connectivity index (χ1v) is 7.18. The zero-order valence-corrected chi connectivity index (χ0v) is 12.5. The normalized spacial score (nSPS) is 10.5. The molecule has 1 aromatic heterocycles. The fraction of sp³-hybridized carbons (Fsp3) is 0.0833. The number of nitrogens with one attached hydrogen (secondary N) is 1. The van der Waals surface area contributed by atoms with Crippen molar-refractivity contribution in [2.24, 2.45) is 0 Å². The Kier molecular flexibility index (Phi) is 4.58. The SMILES string of the molecule is O=C(O)Cc1sccc1Nc1c(Cl)cc(Cl)cc1Cl. The van der Waals surface area contributed by atoms with E-state index in [1.165, 1.54) is 11.3 Å². The Hall–Kier alpha value is -0.940. The van der Waals surface area contributed by atoms with Crippen LogP contribution in [0.15, 0.2) is 23.6 Å². The van der Waals surface area contributed by atoms with Gasteiger partial charge in [0.1, 0.15) is 0 Å². The van der Waals surface area contributed by atoms with Gasteiger partial charge in [-0.2, -0.15) is 0 Å². The van der Waals surface area contributed by atoms with Crippen LogP contribution in [-0.2, 0) is 11.2 Å². The van der Waals surface area contributed by atoms with Crippen LogP contribution >= 0.6 is 46.1 Å². The van der Waals surface area contributed by atoms with Gasteiger partial charge in [0.05, 0.1) is 27.8 Å². The van der Waals surface area contributed by atoms with Gasteiger partial charge in [-0.1, -0.05) is 34.8 Å². The highest BCUT2D eigenvalue weighted by atomic mass is 35.5. The number of hydrogen-bond acceptors (Lipinski definition) is 3. The van der Waals surface area contributed by atoms with E-state index in [0.717, 1.165) is 0 Å². The molecule has 0 atom stereocenters. The number of anilines is 2. The van der Waals surface area contributed by atoms with Crippen LogP contribution in [0.3, 0.4) is 0 Å². The van der Waals surface area contributed by atoms with Crippen LogP contribution in [0, 0.1) is 0 Å². The summed E-state index contributed by atoms with van der Waals surface area (Å²) in [5, 5.41) is 14.9. The summed E-state index contributed by atoms with van der Waals surface area (Å²) in [6.45, 7) is 0. The summed E-state index contributed by atoms with van der Waals surface area (Å²) in [7, 11) is 0. The summed E-state index contributed by atoms with van der Waals surface area (Å²) in [4.78, 5) is 11.5. The number of carboxylic acids is 1. The maximum atomic E-state index is 10.8.